The molecule has 0 fully saturated rings. The van der Waals surface area contributed by atoms with E-state index in [0.29, 0.717) is 10.9 Å². The van der Waals surface area contributed by atoms with Gasteiger partial charge in [0.1, 0.15) is 16.8 Å². The van der Waals surface area contributed by atoms with Crippen LogP contribution in [0, 0.1) is 11.6 Å². The van der Waals surface area contributed by atoms with E-state index in [1.54, 1.807) is 6.07 Å². The normalized spacial score (nSPS) is 11.0. The Morgan fingerprint density at radius 2 is 1.70 bits per heavy atom. The van der Waals surface area contributed by atoms with E-state index < -0.39 is 11.6 Å². The molecule has 0 atom stereocenters. The lowest BCUT2D eigenvalue weighted by Gasteiger charge is -2.06. The Hall–Kier alpha value is -1.59. The third kappa shape index (κ3) is 2.39. The number of rotatable bonds is 1. The van der Waals surface area contributed by atoms with E-state index in [1.807, 2.05) is 12.1 Å². The predicted octanol–water partition coefficient (Wildman–Crippen LogP) is 4.99. The molecular formula is C14H6BrClF2N2. The zero-order chi connectivity index (χ0) is 14.3. The van der Waals surface area contributed by atoms with Crippen LogP contribution in [0.4, 0.5) is 8.78 Å². The van der Waals surface area contributed by atoms with E-state index in [9.17, 15) is 8.78 Å². The fourth-order valence-corrected chi connectivity index (χ4v) is 2.58. The third-order valence-electron chi connectivity index (χ3n) is 2.75. The van der Waals surface area contributed by atoms with Crippen LogP contribution in [0.15, 0.2) is 40.9 Å². The quantitative estimate of drug-likeness (QED) is 0.575. The largest absolute Gasteiger partial charge is 0.227 e. The zero-order valence-electron chi connectivity index (χ0n) is 9.87. The Morgan fingerprint density at radius 1 is 1.00 bits per heavy atom. The molecule has 1 heterocycles. The van der Waals surface area contributed by atoms with Crippen molar-refractivity contribution in [2.45, 2.75) is 0 Å². The van der Waals surface area contributed by atoms with Crippen molar-refractivity contribution >= 4 is 38.4 Å². The van der Waals surface area contributed by atoms with Gasteiger partial charge in [0.2, 0.25) is 0 Å². The molecule has 1 aromatic heterocycles. The topological polar surface area (TPSA) is 25.8 Å². The second-order valence-corrected chi connectivity index (χ2v) is 5.34. The molecule has 0 aliphatic carbocycles. The Morgan fingerprint density at radius 3 is 2.40 bits per heavy atom. The lowest BCUT2D eigenvalue weighted by Crippen LogP contribution is -1.94. The van der Waals surface area contributed by atoms with Gasteiger partial charge in [-0.1, -0.05) is 17.7 Å². The first kappa shape index (κ1) is 13.4. The summed E-state index contributed by atoms with van der Waals surface area (Å²) in [5, 5.41) is 0.901. The van der Waals surface area contributed by atoms with E-state index in [2.05, 4.69) is 25.9 Å². The molecule has 0 N–H and O–H groups in total. The third-order valence-corrected chi connectivity index (χ3v) is 3.68. The van der Waals surface area contributed by atoms with Crippen LogP contribution in [-0.2, 0) is 0 Å². The molecule has 0 radical (unpaired) electrons. The van der Waals surface area contributed by atoms with Crippen LogP contribution >= 0.6 is 27.5 Å². The maximum absolute atomic E-state index is 13.3. The number of halogens is 4. The van der Waals surface area contributed by atoms with Gasteiger partial charge in [-0.05, 0) is 40.2 Å². The number of para-hydroxylation sites is 1. The van der Waals surface area contributed by atoms with Crippen LogP contribution in [0.3, 0.4) is 0 Å². The van der Waals surface area contributed by atoms with Crippen molar-refractivity contribution in [3.05, 3.63) is 57.7 Å². The van der Waals surface area contributed by atoms with Gasteiger partial charge in [-0.3, -0.25) is 0 Å². The van der Waals surface area contributed by atoms with Crippen molar-refractivity contribution in [2.24, 2.45) is 0 Å². The van der Waals surface area contributed by atoms with E-state index >= 15 is 0 Å². The van der Waals surface area contributed by atoms with Crippen LogP contribution in [-0.4, -0.2) is 9.97 Å². The Kier molecular flexibility index (Phi) is 3.40. The molecule has 0 aliphatic rings. The fraction of sp³-hybridized carbons (Fsp3) is 0. The highest BCUT2D eigenvalue weighted by atomic mass is 79.9. The predicted molar refractivity (Wildman–Crippen MR) is 77.6 cm³/mol. The Labute approximate surface area is 126 Å². The summed E-state index contributed by atoms with van der Waals surface area (Å²) in [5.41, 5.74) is 0.828. The monoisotopic (exact) mass is 354 g/mol. The van der Waals surface area contributed by atoms with Crippen LogP contribution in [0.25, 0.3) is 22.3 Å². The highest BCUT2D eigenvalue weighted by Gasteiger charge is 2.11. The second-order valence-electron chi connectivity index (χ2n) is 4.13. The van der Waals surface area contributed by atoms with Gasteiger partial charge in [-0.25, -0.2) is 18.7 Å². The van der Waals surface area contributed by atoms with Crippen molar-refractivity contribution in [3.8, 4) is 11.4 Å². The van der Waals surface area contributed by atoms with E-state index in [0.717, 1.165) is 22.7 Å². The molecule has 0 saturated heterocycles. The molecule has 0 saturated carbocycles. The molecule has 20 heavy (non-hydrogen) atoms. The van der Waals surface area contributed by atoms with Crippen molar-refractivity contribution in [3.63, 3.8) is 0 Å². The lowest BCUT2D eigenvalue weighted by atomic mass is 10.2. The van der Waals surface area contributed by atoms with Crippen LogP contribution in [0.1, 0.15) is 0 Å². The summed E-state index contributed by atoms with van der Waals surface area (Å²) in [5.74, 6) is -1.20. The summed E-state index contributed by atoms with van der Waals surface area (Å²) in [6.07, 6.45) is 0. The summed E-state index contributed by atoms with van der Waals surface area (Å²) < 4.78 is 27.3. The average molecular weight is 356 g/mol. The van der Waals surface area contributed by atoms with E-state index in [-0.39, 0.29) is 16.5 Å². The van der Waals surface area contributed by atoms with Gasteiger partial charge in [0.15, 0.2) is 5.82 Å². The standard InChI is InChI=1S/C14H6BrClF2N2/c15-11-3-1-2-10-12(11)19-14(20-13(10)16)7-4-8(17)6-9(18)5-7/h1-6H. The number of hydrogen-bond donors (Lipinski definition) is 0. The molecule has 2 aromatic carbocycles. The summed E-state index contributed by atoms with van der Waals surface area (Å²) >= 11 is 9.47. The van der Waals surface area contributed by atoms with Crippen LogP contribution in [0.2, 0.25) is 5.15 Å². The van der Waals surface area contributed by atoms with Gasteiger partial charge < -0.3 is 0 Å². The summed E-state index contributed by atoms with van der Waals surface area (Å²) in [7, 11) is 0. The second kappa shape index (κ2) is 5.07. The van der Waals surface area contributed by atoms with Gasteiger partial charge in [-0.15, -0.1) is 0 Å². The highest BCUT2D eigenvalue weighted by Crippen LogP contribution is 2.29. The number of benzene rings is 2. The van der Waals surface area contributed by atoms with Gasteiger partial charge in [0.05, 0.1) is 5.52 Å². The molecule has 6 heteroatoms. The SMILES string of the molecule is Fc1cc(F)cc(-c2nc(Cl)c3cccc(Br)c3n2)c1. The van der Waals surface area contributed by atoms with Crippen molar-refractivity contribution < 1.29 is 8.78 Å². The first-order valence-corrected chi connectivity index (χ1v) is 6.80. The van der Waals surface area contributed by atoms with E-state index in [1.165, 1.54) is 0 Å². The maximum Gasteiger partial charge on any atom is 0.161 e. The van der Waals surface area contributed by atoms with Gasteiger partial charge in [0.25, 0.3) is 0 Å². The molecule has 0 amide bonds. The number of nitrogens with zero attached hydrogens (tertiary/aromatic N) is 2. The minimum atomic E-state index is -0.688. The average Bonchev–Trinajstić information content (AvgIpc) is 2.38. The lowest BCUT2D eigenvalue weighted by molar-refractivity contribution is 0.584. The first-order chi connectivity index (χ1) is 9.54. The van der Waals surface area contributed by atoms with Crippen LogP contribution < -0.4 is 0 Å². The molecule has 0 aliphatic heterocycles. The molecule has 0 spiro atoms. The molecule has 100 valence electrons. The molecule has 3 rings (SSSR count). The zero-order valence-corrected chi connectivity index (χ0v) is 12.2. The van der Waals surface area contributed by atoms with Gasteiger partial charge in [0, 0.05) is 21.5 Å². The number of hydrogen-bond acceptors (Lipinski definition) is 2. The molecule has 2 nitrogen and oxygen atoms in total. The molecule has 0 unspecified atom stereocenters. The van der Waals surface area contributed by atoms with Crippen molar-refractivity contribution in [1.29, 1.82) is 0 Å². The Bertz CT molecular complexity index is 803. The van der Waals surface area contributed by atoms with E-state index in [4.69, 9.17) is 11.6 Å². The number of aromatic nitrogens is 2. The summed E-state index contributed by atoms with van der Waals surface area (Å²) in [6.45, 7) is 0. The van der Waals surface area contributed by atoms with Crippen LogP contribution in [0.5, 0.6) is 0 Å². The minimum Gasteiger partial charge on any atom is -0.227 e. The Balaban J connectivity index is 2.29. The minimum absolute atomic E-state index is 0.174. The molecular weight excluding hydrogens is 350 g/mol. The van der Waals surface area contributed by atoms with Gasteiger partial charge in [-0.2, -0.15) is 0 Å². The smallest absolute Gasteiger partial charge is 0.161 e. The van der Waals surface area contributed by atoms with Crippen molar-refractivity contribution in [2.75, 3.05) is 0 Å². The van der Waals surface area contributed by atoms with Gasteiger partial charge >= 0.3 is 0 Å². The summed E-state index contributed by atoms with van der Waals surface area (Å²) in [6, 6.07) is 8.51. The van der Waals surface area contributed by atoms with Crippen molar-refractivity contribution in [1.82, 2.24) is 9.97 Å². The number of fused-ring (bicyclic) bond motifs is 1. The highest BCUT2D eigenvalue weighted by molar-refractivity contribution is 9.10. The molecule has 3 aromatic rings. The summed E-state index contributed by atoms with van der Waals surface area (Å²) in [4.78, 5) is 8.41. The first-order valence-electron chi connectivity index (χ1n) is 5.63. The molecule has 0 bridgehead atoms. The fourth-order valence-electron chi connectivity index (χ4n) is 1.89. The maximum atomic E-state index is 13.3.